The summed E-state index contributed by atoms with van der Waals surface area (Å²) in [6.45, 7) is 9.24. The Morgan fingerprint density at radius 2 is 2.05 bits per heavy atom. The van der Waals surface area contributed by atoms with Crippen LogP contribution in [0.15, 0.2) is 24.3 Å². The van der Waals surface area contributed by atoms with Crippen LogP contribution in [0.3, 0.4) is 0 Å². The summed E-state index contributed by atoms with van der Waals surface area (Å²) in [6.07, 6.45) is 3.50. The van der Waals surface area contributed by atoms with Gasteiger partial charge in [0.1, 0.15) is 5.82 Å². The van der Waals surface area contributed by atoms with Gasteiger partial charge in [-0.25, -0.2) is 4.39 Å². The molecule has 0 aromatic heterocycles. The average Bonchev–Trinajstić information content (AvgIpc) is 2.92. The van der Waals surface area contributed by atoms with E-state index in [1.807, 2.05) is 12.1 Å². The molecule has 3 heteroatoms. The summed E-state index contributed by atoms with van der Waals surface area (Å²) in [5.74, 6) is 0.602. The van der Waals surface area contributed by atoms with Crippen molar-refractivity contribution in [1.29, 1.82) is 0 Å². The maximum Gasteiger partial charge on any atom is 0.126 e. The second kappa shape index (κ2) is 6.45. The molecule has 2 aliphatic heterocycles. The molecule has 1 aromatic carbocycles. The van der Waals surface area contributed by atoms with E-state index in [-0.39, 0.29) is 5.82 Å². The number of piperazine rings is 1. The maximum absolute atomic E-state index is 13.8. The van der Waals surface area contributed by atoms with Gasteiger partial charge in [-0.15, -0.1) is 0 Å². The van der Waals surface area contributed by atoms with Crippen LogP contribution in [0.2, 0.25) is 0 Å². The Kier molecular flexibility index (Phi) is 4.60. The smallest absolute Gasteiger partial charge is 0.126 e. The van der Waals surface area contributed by atoms with Crippen molar-refractivity contribution < 1.29 is 4.39 Å². The van der Waals surface area contributed by atoms with Crippen LogP contribution in [0.1, 0.15) is 32.3 Å². The largest absolute Gasteiger partial charge is 0.298 e. The third kappa shape index (κ3) is 3.29. The molecule has 2 atom stereocenters. The van der Waals surface area contributed by atoms with Gasteiger partial charge in [-0.2, -0.15) is 0 Å². The van der Waals surface area contributed by atoms with Crippen LogP contribution < -0.4 is 0 Å². The Morgan fingerprint density at radius 1 is 1.24 bits per heavy atom. The lowest BCUT2D eigenvalue weighted by atomic mass is 9.96. The Hall–Kier alpha value is -0.930. The summed E-state index contributed by atoms with van der Waals surface area (Å²) in [6, 6.07) is 8.56. The molecule has 0 saturated carbocycles. The summed E-state index contributed by atoms with van der Waals surface area (Å²) in [4.78, 5) is 5.29. The predicted octanol–water partition coefficient (Wildman–Crippen LogP) is 3.17. The van der Waals surface area contributed by atoms with Crippen LogP contribution >= 0.6 is 0 Å². The highest BCUT2D eigenvalue weighted by atomic mass is 19.1. The van der Waals surface area contributed by atoms with E-state index in [0.29, 0.717) is 12.0 Å². The van der Waals surface area contributed by atoms with Gasteiger partial charge < -0.3 is 0 Å². The molecule has 3 rings (SSSR count). The van der Waals surface area contributed by atoms with Crippen molar-refractivity contribution in [2.45, 2.75) is 45.2 Å². The molecule has 2 aliphatic rings. The average molecular weight is 290 g/mol. The van der Waals surface area contributed by atoms with Crippen molar-refractivity contribution in [3.63, 3.8) is 0 Å². The lowest BCUT2D eigenvalue weighted by Crippen LogP contribution is -2.58. The maximum atomic E-state index is 13.8. The highest BCUT2D eigenvalue weighted by molar-refractivity contribution is 5.17. The van der Waals surface area contributed by atoms with Crippen LogP contribution in [-0.2, 0) is 6.42 Å². The number of hydrogen-bond acceptors (Lipinski definition) is 2. The van der Waals surface area contributed by atoms with E-state index in [1.54, 1.807) is 12.1 Å². The van der Waals surface area contributed by atoms with E-state index < -0.39 is 0 Å². The molecule has 0 spiro atoms. The fourth-order valence-corrected chi connectivity index (χ4v) is 3.96. The molecule has 1 aromatic rings. The molecule has 0 aliphatic carbocycles. The lowest BCUT2D eigenvalue weighted by Gasteiger charge is -2.45. The first-order valence-corrected chi connectivity index (χ1v) is 8.36. The van der Waals surface area contributed by atoms with Crippen molar-refractivity contribution in [1.82, 2.24) is 9.80 Å². The van der Waals surface area contributed by atoms with Crippen LogP contribution in [0.25, 0.3) is 0 Å². The van der Waals surface area contributed by atoms with E-state index in [0.717, 1.165) is 31.1 Å². The zero-order chi connectivity index (χ0) is 14.8. The van der Waals surface area contributed by atoms with E-state index >= 15 is 0 Å². The molecule has 0 bridgehead atoms. The molecule has 2 heterocycles. The van der Waals surface area contributed by atoms with Gasteiger partial charge in [-0.3, -0.25) is 9.80 Å². The zero-order valence-corrected chi connectivity index (χ0v) is 13.3. The minimum Gasteiger partial charge on any atom is -0.298 e. The molecule has 0 N–H and O–H groups in total. The summed E-state index contributed by atoms with van der Waals surface area (Å²) in [5.41, 5.74) is 0.855. The van der Waals surface area contributed by atoms with Crippen molar-refractivity contribution in [2.75, 3.05) is 26.2 Å². The second-order valence-corrected chi connectivity index (χ2v) is 6.94. The van der Waals surface area contributed by atoms with E-state index in [9.17, 15) is 4.39 Å². The van der Waals surface area contributed by atoms with Gasteiger partial charge in [0.15, 0.2) is 0 Å². The van der Waals surface area contributed by atoms with Gasteiger partial charge in [-0.1, -0.05) is 32.0 Å². The predicted molar refractivity (Wildman–Crippen MR) is 84.9 cm³/mol. The van der Waals surface area contributed by atoms with Gasteiger partial charge in [-0.05, 0) is 43.4 Å². The number of fused-ring (bicyclic) bond motifs is 1. The van der Waals surface area contributed by atoms with Gasteiger partial charge in [0.25, 0.3) is 0 Å². The Balaban J connectivity index is 1.66. The van der Waals surface area contributed by atoms with E-state index in [4.69, 9.17) is 0 Å². The minimum atomic E-state index is -0.0573. The quantitative estimate of drug-likeness (QED) is 0.840. The van der Waals surface area contributed by atoms with Gasteiger partial charge in [0, 0.05) is 31.7 Å². The second-order valence-electron chi connectivity index (χ2n) is 6.94. The highest BCUT2D eigenvalue weighted by Gasteiger charge is 2.37. The zero-order valence-electron chi connectivity index (χ0n) is 13.3. The topological polar surface area (TPSA) is 6.48 Å². The third-order valence-electron chi connectivity index (χ3n) is 5.23. The first-order valence-electron chi connectivity index (χ1n) is 8.36. The number of nitrogens with zero attached hydrogens (tertiary/aromatic N) is 2. The van der Waals surface area contributed by atoms with Crippen LogP contribution in [0.5, 0.6) is 0 Å². The molecule has 21 heavy (non-hydrogen) atoms. The summed E-state index contributed by atoms with van der Waals surface area (Å²) in [7, 11) is 0. The molecule has 2 unspecified atom stereocenters. The lowest BCUT2D eigenvalue weighted by molar-refractivity contribution is 0.0301. The first kappa shape index (κ1) is 15.0. The summed E-state index contributed by atoms with van der Waals surface area (Å²) < 4.78 is 13.8. The third-order valence-corrected chi connectivity index (χ3v) is 5.23. The summed E-state index contributed by atoms with van der Waals surface area (Å²) >= 11 is 0. The van der Waals surface area contributed by atoms with Gasteiger partial charge >= 0.3 is 0 Å². The number of rotatable bonds is 4. The van der Waals surface area contributed by atoms with Crippen LogP contribution in [0, 0.1) is 11.7 Å². The van der Waals surface area contributed by atoms with E-state index in [2.05, 4.69) is 23.6 Å². The fraction of sp³-hybridized carbons (Fsp3) is 0.667. The SMILES string of the molecule is CC(C)C1CN2CCCC2CN1CCc1ccccc1F. The molecular weight excluding hydrogens is 263 g/mol. The van der Waals surface area contributed by atoms with Crippen molar-refractivity contribution in [2.24, 2.45) is 5.92 Å². The standard InChI is InChI=1S/C18H27FN2/c1-14(2)18-13-20-10-5-7-16(20)12-21(18)11-9-15-6-3-4-8-17(15)19/h3-4,6,8,14,16,18H,5,7,9-13H2,1-2H3. The molecule has 2 nitrogen and oxygen atoms in total. The summed E-state index contributed by atoms with van der Waals surface area (Å²) in [5, 5.41) is 0. The van der Waals surface area contributed by atoms with Crippen LogP contribution in [0.4, 0.5) is 4.39 Å². The van der Waals surface area contributed by atoms with E-state index in [1.165, 1.54) is 25.9 Å². The fourth-order valence-electron chi connectivity index (χ4n) is 3.96. The molecule has 0 amide bonds. The molecule has 0 radical (unpaired) electrons. The minimum absolute atomic E-state index is 0.0573. The van der Waals surface area contributed by atoms with Gasteiger partial charge in [0.2, 0.25) is 0 Å². The number of hydrogen-bond donors (Lipinski definition) is 0. The normalized spacial score (nSPS) is 27.2. The monoisotopic (exact) mass is 290 g/mol. The highest BCUT2D eigenvalue weighted by Crippen LogP contribution is 2.27. The molecular formula is C18H27FN2. The Labute approximate surface area is 127 Å². The number of benzene rings is 1. The van der Waals surface area contributed by atoms with Crippen molar-refractivity contribution in [3.05, 3.63) is 35.6 Å². The first-order chi connectivity index (χ1) is 10.1. The Morgan fingerprint density at radius 3 is 2.81 bits per heavy atom. The van der Waals surface area contributed by atoms with Gasteiger partial charge in [0.05, 0.1) is 0 Å². The molecule has 2 saturated heterocycles. The van der Waals surface area contributed by atoms with Crippen LogP contribution in [-0.4, -0.2) is 48.1 Å². The Bertz CT molecular complexity index is 474. The van der Waals surface area contributed by atoms with Crippen molar-refractivity contribution in [3.8, 4) is 0 Å². The van der Waals surface area contributed by atoms with Crippen molar-refractivity contribution >= 4 is 0 Å². The number of halogens is 1. The molecule has 116 valence electrons. The molecule has 2 fully saturated rings.